The molecule has 0 bridgehead atoms. The second kappa shape index (κ2) is 7.41. The van der Waals surface area contributed by atoms with Gasteiger partial charge >= 0.3 is 5.97 Å². The average Bonchev–Trinajstić information content (AvgIpc) is 3.07. The van der Waals surface area contributed by atoms with Gasteiger partial charge in [-0.1, -0.05) is 11.6 Å². The highest BCUT2D eigenvalue weighted by atomic mass is 35.5. The molecule has 0 saturated carbocycles. The van der Waals surface area contributed by atoms with Gasteiger partial charge in [0.25, 0.3) is 15.8 Å². The van der Waals surface area contributed by atoms with Crippen LogP contribution in [-0.2, 0) is 14.8 Å². The van der Waals surface area contributed by atoms with Crippen LogP contribution in [0.4, 0.5) is 5.69 Å². The number of ether oxygens (including phenoxy) is 2. The van der Waals surface area contributed by atoms with Crippen LogP contribution in [0.25, 0.3) is 5.65 Å². The fourth-order valence-corrected chi connectivity index (χ4v) is 3.82. The fraction of sp³-hybridized carbons (Fsp3) is 0.188. The van der Waals surface area contributed by atoms with Gasteiger partial charge in [-0.2, -0.15) is 4.98 Å². The molecule has 0 aliphatic rings. The van der Waals surface area contributed by atoms with Gasteiger partial charge in [-0.05, 0) is 37.3 Å². The van der Waals surface area contributed by atoms with Crippen molar-refractivity contribution in [3.05, 3.63) is 47.4 Å². The zero-order valence-corrected chi connectivity index (χ0v) is 15.9. The number of sulfonamides is 1. The van der Waals surface area contributed by atoms with Crippen LogP contribution < -0.4 is 9.46 Å². The van der Waals surface area contributed by atoms with Crippen molar-refractivity contribution in [3.63, 3.8) is 0 Å². The van der Waals surface area contributed by atoms with Gasteiger partial charge in [0.05, 0.1) is 19.4 Å². The molecule has 0 radical (unpaired) electrons. The molecule has 9 nitrogen and oxygen atoms in total. The van der Waals surface area contributed by atoms with Crippen molar-refractivity contribution >= 4 is 38.9 Å². The number of esters is 1. The Morgan fingerprint density at radius 1 is 1.33 bits per heavy atom. The molecule has 0 fully saturated rings. The molecule has 0 saturated heterocycles. The third kappa shape index (κ3) is 3.81. The van der Waals surface area contributed by atoms with E-state index in [2.05, 4.69) is 14.8 Å². The number of pyridine rings is 1. The second-order valence-electron chi connectivity index (χ2n) is 5.25. The lowest BCUT2D eigenvalue weighted by molar-refractivity contribution is 0.0512. The molecule has 0 unspecified atom stereocenters. The van der Waals surface area contributed by atoms with E-state index in [1.54, 1.807) is 13.0 Å². The Labute approximate surface area is 159 Å². The third-order valence-electron chi connectivity index (χ3n) is 3.48. The Morgan fingerprint density at radius 2 is 2.11 bits per heavy atom. The van der Waals surface area contributed by atoms with Crippen LogP contribution in [0.2, 0.25) is 5.02 Å². The SMILES string of the molecule is CCOC(=O)c1nc2c(NS(=O)(=O)c3cc(Cl)ccc3OC)cccn2n1. The van der Waals surface area contributed by atoms with Crippen molar-refractivity contribution in [3.8, 4) is 5.75 Å². The summed E-state index contributed by atoms with van der Waals surface area (Å²) < 4.78 is 39.3. The number of rotatable bonds is 6. The maximum absolute atomic E-state index is 12.8. The van der Waals surface area contributed by atoms with Crippen molar-refractivity contribution < 1.29 is 22.7 Å². The number of nitrogens with one attached hydrogen (secondary N) is 1. The molecule has 0 aliphatic carbocycles. The second-order valence-corrected chi connectivity index (χ2v) is 7.33. The van der Waals surface area contributed by atoms with Crippen molar-refractivity contribution in [1.29, 1.82) is 0 Å². The number of methoxy groups -OCH3 is 1. The molecular weight excluding hydrogens is 396 g/mol. The predicted molar refractivity (Wildman–Crippen MR) is 97.8 cm³/mol. The van der Waals surface area contributed by atoms with Crippen LogP contribution in [0.5, 0.6) is 5.75 Å². The summed E-state index contributed by atoms with van der Waals surface area (Å²) in [5.41, 5.74) is 0.271. The van der Waals surface area contributed by atoms with E-state index in [-0.39, 0.29) is 39.4 Å². The number of anilines is 1. The van der Waals surface area contributed by atoms with Crippen LogP contribution in [0.3, 0.4) is 0 Å². The smallest absolute Gasteiger partial charge is 0.378 e. The minimum absolute atomic E-state index is 0.127. The highest BCUT2D eigenvalue weighted by molar-refractivity contribution is 7.92. The van der Waals surface area contributed by atoms with Gasteiger partial charge in [0.15, 0.2) is 5.65 Å². The summed E-state index contributed by atoms with van der Waals surface area (Å²) in [5.74, 6) is -0.747. The normalized spacial score (nSPS) is 11.4. The Balaban J connectivity index is 2.03. The molecule has 142 valence electrons. The van der Waals surface area contributed by atoms with Gasteiger partial charge in [-0.15, -0.1) is 5.10 Å². The fourth-order valence-electron chi connectivity index (χ4n) is 2.33. The van der Waals surface area contributed by atoms with E-state index >= 15 is 0 Å². The first kappa shape index (κ1) is 18.9. The number of carbonyl (C=O) groups excluding carboxylic acids is 1. The number of halogens is 1. The van der Waals surface area contributed by atoms with Gasteiger partial charge < -0.3 is 9.47 Å². The number of hydrogen-bond donors (Lipinski definition) is 1. The van der Waals surface area contributed by atoms with E-state index < -0.39 is 16.0 Å². The molecule has 27 heavy (non-hydrogen) atoms. The quantitative estimate of drug-likeness (QED) is 0.621. The van der Waals surface area contributed by atoms with E-state index in [9.17, 15) is 13.2 Å². The van der Waals surface area contributed by atoms with E-state index in [0.717, 1.165) is 0 Å². The molecule has 0 aliphatic heterocycles. The molecule has 3 rings (SSSR count). The summed E-state index contributed by atoms with van der Waals surface area (Å²) in [5, 5.41) is 4.23. The zero-order valence-electron chi connectivity index (χ0n) is 14.3. The largest absolute Gasteiger partial charge is 0.495 e. The first-order chi connectivity index (χ1) is 12.9. The summed E-state index contributed by atoms with van der Waals surface area (Å²) in [6, 6.07) is 7.30. The lowest BCUT2D eigenvalue weighted by Gasteiger charge is -2.12. The van der Waals surface area contributed by atoms with Crippen molar-refractivity contribution in [1.82, 2.24) is 14.6 Å². The van der Waals surface area contributed by atoms with Crippen molar-refractivity contribution in [2.24, 2.45) is 0 Å². The number of aromatic nitrogens is 3. The Morgan fingerprint density at radius 3 is 2.81 bits per heavy atom. The predicted octanol–water partition coefficient (Wildman–Crippen LogP) is 2.37. The number of carbonyl (C=O) groups is 1. The number of nitrogens with zero attached hydrogens (tertiary/aromatic N) is 3. The first-order valence-electron chi connectivity index (χ1n) is 7.74. The van der Waals surface area contributed by atoms with Crippen LogP contribution in [-0.4, -0.2) is 42.7 Å². The summed E-state index contributed by atoms with van der Waals surface area (Å²) in [6.07, 6.45) is 1.53. The standard InChI is InChI=1S/C16H15ClN4O5S/c1-3-26-16(22)14-18-15-11(5-4-8-21(15)19-14)20-27(23,24)13-9-10(17)6-7-12(13)25-2/h4-9,20H,3H2,1-2H3. The van der Waals surface area contributed by atoms with Gasteiger partial charge in [0.2, 0.25) is 0 Å². The summed E-state index contributed by atoms with van der Waals surface area (Å²) in [7, 11) is -2.69. The maximum Gasteiger partial charge on any atom is 0.378 e. The van der Waals surface area contributed by atoms with Crippen molar-refractivity contribution in [2.45, 2.75) is 11.8 Å². The highest BCUT2D eigenvalue weighted by Gasteiger charge is 2.23. The molecule has 0 amide bonds. The summed E-state index contributed by atoms with van der Waals surface area (Å²) in [6.45, 7) is 1.83. The number of hydrogen-bond acceptors (Lipinski definition) is 7. The molecule has 3 aromatic rings. The van der Waals surface area contributed by atoms with Gasteiger partial charge in [-0.3, -0.25) is 4.72 Å². The Bertz CT molecular complexity index is 1110. The van der Waals surface area contributed by atoms with Gasteiger partial charge in [-0.25, -0.2) is 17.7 Å². The van der Waals surface area contributed by atoms with Crippen LogP contribution in [0.15, 0.2) is 41.4 Å². The molecule has 0 atom stereocenters. The van der Waals surface area contributed by atoms with Crippen LogP contribution in [0.1, 0.15) is 17.5 Å². The first-order valence-corrected chi connectivity index (χ1v) is 9.60. The van der Waals surface area contributed by atoms with Crippen molar-refractivity contribution in [2.75, 3.05) is 18.4 Å². The van der Waals surface area contributed by atoms with Gasteiger partial charge in [0, 0.05) is 11.2 Å². The molecule has 11 heteroatoms. The van der Waals surface area contributed by atoms with E-state index in [1.807, 2.05) is 0 Å². The Hall–Kier alpha value is -2.85. The third-order valence-corrected chi connectivity index (χ3v) is 5.10. The zero-order chi connectivity index (χ0) is 19.6. The van der Waals surface area contributed by atoms with Crippen LogP contribution >= 0.6 is 11.6 Å². The lowest BCUT2D eigenvalue weighted by Crippen LogP contribution is -2.15. The number of benzene rings is 1. The molecular formula is C16H15ClN4O5S. The number of fused-ring (bicyclic) bond motifs is 1. The topological polar surface area (TPSA) is 112 Å². The highest BCUT2D eigenvalue weighted by Crippen LogP contribution is 2.29. The molecule has 2 aromatic heterocycles. The lowest BCUT2D eigenvalue weighted by atomic mass is 10.3. The van der Waals surface area contributed by atoms with E-state index in [4.69, 9.17) is 21.1 Å². The molecule has 1 aromatic carbocycles. The molecule has 1 N–H and O–H groups in total. The monoisotopic (exact) mass is 410 g/mol. The average molecular weight is 411 g/mol. The summed E-state index contributed by atoms with van der Waals surface area (Å²) >= 11 is 5.92. The van der Waals surface area contributed by atoms with E-state index in [1.165, 1.54) is 42.1 Å². The molecule has 0 spiro atoms. The van der Waals surface area contributed by atoms with Crippen LogP contribution in [0, 0.1) is 0 Å². The summed E-state index contributed by atoms with van der Waals surface area (Å²) in [4.78, 5) is 15.8. The maximum atomic E-state index is 12.8. The Kier molecular flexibility index (Phi) is 5.19. The molecule has 2 heterocycles. The minimum atomic E-state index is -4.05. The van der Waals surface area contributed by atoms with E-state index in [0.29, 0.717) is 0 Å². The van der Waals surface area contributed by atoms with Gasteiger partial charge in [0.1, 0.15) is 10.6 Å². The minimum Gasteiger partial charge on any atom is -0.495 e.